The van der Waals surface area contributed by atoms with Gasteiger partial charge in [-0.25, -0.2) is 0 Å². The van der Waals surface area contributed by atoms with Crippen LogP contribution in [0.3, 0.4) is 0 Å². The van der Waals surface area contributed by atoms with Crippen LogP contribution in [0.1, 0.15) is 30.0 Å². The monoisotopic (exact) mass is 408 g/mol. The smallest absolute Gasteiger partial charge is 0.194 e. The van der Waals surface area contributed by atoms with Gasteiger partial charge in [-0.3, -0.25) is 0 Å². The number of nitrogens with one attached hydrogen (secondary N) is 1. The summed E-state index contributed by atoms with van der Waals surface area (Å²) >= 11 is 0. The molecule has 3 aliphatic rings. The minimum Gasteiger partial charge on any atom is -0.476 e. The number of fused-ring (bicyclic) bond motifs is 3. The van der Waals surface area contributed by atoms with Crippen LogP contribution in [-0.2, 0) is 20.6 Å². The van der Waals surface area contributed by atoms with E-state index in [9.17, 15) is 0 Å². The molecule has 0 bridgehead atoms. The molecular formula is C25H32N2O3. The molecular weight excluding hydrogens is 376 g/mol. The van der Waals surface area contributed by atoms with Gasteiger partial charge in [0.2, 0.25) is 0 Å². The molecule has 160 valence electrons. The van der Waals surface area contributed by atoms with Gasteiger partial charge >= 0.3 is 0 Å². The number of benzene rings is 1. The molecule has 0 aromatic heterocycles. The fourth-order valence-electron chi connectivity index (χ4n) is 4.39. The van der Waals surface area contributed by atoms with Gasteiger partial charge in [0.1, 0.15) is 12.7 Å². The number of nitrogens with zero attached hydrogens (tertiary/aromatic N) is 1. The number of hydrogen-bond acceptors (Lipinski definition) is 5. The second kappa shape index (κ2) is 9.21. The predicted molar refractivity (Wildman–Crippen MR) is 121 cm³/mol. The van der Waals surface area contributed by atoms with Gasteiger partial charge in [0.05, 0.1) is 12.3 Å². The number of methoxy groups -OCH3 is 2. The second-order valence-electron chi connectivity index (χ2n) is 8.06. The van der Waals surface area contributed by atoms with E-state index >= 15 is 0 Å². The Labute approximate surface area is 179 Å². The second-order valence-corrected chi connectivity index (χ2v) is 8.06. The summed E-state index contributed by atoms with van der Waals surface area (Å²) in [5.74, 6) is 0.842. The van der Waals surface area contributed by atoms with E-state index in [1.807, 2.05) is 6.08 Å². The first-order chi connectivity index (χ1) is 14.6. The fraction of sp³-hybridized carbons (Fsp3) is 0.440. The van der Waals surface area contributed by atoms with Crippen LogP contribution in [-0.4, -0.2) is 58.1 Å². The Hall–Kier alpha value is -2.34. The van der Waals surface area contributed by atoms with Crippen molar-refractivity contribution in [2.75, 3.05) is 47.1 Å². The van der Waals surface area contributed by atoms with Crippen molar-refractivity contribution in [1.82, 2.24) is 10.2 Å². The van der Waals surface area contributed by atoms with Crippen LogP contribution >= 0.6 is 0 Å². The van der Waals surface area contributed by atoms with Gasteiger partial charge in [-0.1, -0.05) is 30.9 Å². The van der Waals surface area contributed by atoms with Gasteiger partial charge in [0.25, 0.3) is 0 Å². The van der Waals surface area contributed by atoms with Crippen LogP contribution in [0.15, 0.2) is 54.0 Å². The molecule has 0 fully saturated rings. The first-order valence-electron chi connectivity index (χ1n) is 10.7. The van der Waals surface area contributed by atoms with Crippen molar-refractivity contribution >= 4 is 11.3 Å². The van der Waals surface area contributed by atoms with E-state index in [1.165, 1.54) is 33.5 Å². The molecule has 3 heterocycles. The lowest BCUT2D eigenvalue weighted by Gasteiger charge is -2.39. The Morgan fingerprint density at radius 3 is 2.80 bits per heavy atom. The van der Waals surface area contributed by atoms with Crippen LogP contribution in [0.2, 0.25) is 0 Å². The highest BCUT2D eigenvalue weighted by molar-refractivity contribution is 5.79. The molecule has 0 saturated carbocycles. The van der Waals surface area contributed by atoms with Crippen LogP contribution in [0.5, 0.6) is 0 Å². The summed E-state index contributed by atoms with van der Waals surface area (Å²) in [6.45, 7) is 10.3. The van der Waals surface area contributed by atoms with Gasteiger partial charge in [-0.15, -0.1) is 0 Å². The number of rotatable bonds is 7. The van der Waals surface area contributed by atoms with Crippen molar-refractivity contribution in [2.45, 2.75) is 25.9 Å². The molecule has 1 aromatic rings. The Balaban J connectivity index is 1.60. The average Bonchev–Trinajstić information content (AvgIpc) is 2.79. The van der Waals surface area contributed by atoms with E-state index in [0.29, 0.717) is 13.2 Å². The van der Waals surface area contributed by atoms with E-state index in [4.69, 9.17) is 14.2 Å². The maximum absolute atomic E-state index is 6.18. The lowest BCUT2D eigenvalue weighted by atomic mass is 9.87. The third-order valence-corrected chi connectivity index (χ3v) is 6.17. The molecule has 4 rings (SSSR count). The predicted octanol–water partition coefficient (Wildman–Crippen LogP) is 3.74. The van der Waals surface area contributed by atoms with Gasteiger partial charge in [0.15, 0.2) is 5.88 Å². The topological polar surface area (TPSA) is 43.0 Å². The first-order valence-corrected chi connectivity index (χ1v) is 10.7. The highest BCUT2D eigenvalue weighted by atomic mass is 16.6. The average molecular weight is 409 g/mol. The third kappa shape index (κ3) is 4.10. The van der Waals surface area contributed by atoms with Crippen LogP contribution in [0, 0.1) is 0 Å². The molecule has 5 nitrogen and oxygen atoms in total. The summed E-state index contributed by atoms with van der Waals surface area (Å²) < 4.78 is 16.8. The molecule has 1 unspecified atom stereocenters. The zero-order valence-electron chi connectivity index (χ0n) is 18.3. The minimum atomic E-state index is -0.0995. The van der Waals surface area contributed by atoms with Crippen molar-refractivity contribution in [3.63, 3.8) is 0 Å². The molecule has 5 heteroatoms. The molecule has 1 N–H and O–H groups in total. The maximum Gasteiger partial charge on any atom is 0.194 e. The Bertz CT molecular complexity index is 913. The molecule has 0 saturated heterocycles. The summed E-state index contributed by atoms with van der Waals surface area (Å²) in [5.41, 5.74) is 8.90. The normalized spacial score (nSPS) is 19.7. The Morgan fingerprint density at radius 2 is 2.07 bits per heavy atom. The summed E-state index contributed by atoms with van der Waals surface area (Å²) in [6.07, 6.45) is 6.33. The van der Waals surface area contributed by atoms with Crippen molar-refractivity contribution in [3.05, 3.63) is 70.6 Å². The van der Waals surface area contributed by atoms with Gasteiger partial charge in [-0.05, 0) is 54.2 Å². The lowest BCUT2D eigenvalue weighted by molar-refractivity contribution is -0.0237. The molecule has 3 aliphatic heterocycles. The lowest BCUT2D eigenvalue weighted by Crippen LogP contribution is -2.34. The molecule has 0 radical (unpaired) electrons. The van der Waals surface area contributed by atoms with Crippen molar-refractivity contribution in [1.29, 1.82) is 0 Å². The van der Waals surface area contributed by atoms with Gasteiger partial charge in [-0.2, -0.15) is 0 Å². The molecule has 1 atom stereocenters. The standard InChI is InChI=1S/C25H32N2O3/c1-17-13-24(30-16-22(29-4)15-28-3)27-12-9-21-14-20(19-7-10-26-11-8-19)5-6-23(21)25(27)18(17)2/h5-7,13-14,22,26H,1,8-12,15-16H2,2-4H3. The van der Waals surface area contributed by atoms with E-state index < -0.39 is 0 Å². The fourth-order valence-corrected chi connectivity index (χ4v) is 4.39. The molecule has 30 heavy (non-hydrogen) atoms. The largest absolute Gasteiger partial charge is 0.476 e. The zero-order chi connectivity index (χ0) is 21.1. The summed E-state index contributed by atoms with van der Waals surface area (Å²) in [5, 5.41) is 3.39. The van der Waals surface area contributed by atoms with E-state index in [2.05, 4.69) is 48.0 Å². The van der Waals surface area contributed by atoms with E-state index in [1.54, 1.807) is 14.2 Å². The number of hydrogen-bond donors (Lipinski definition) is 1. The van der Waals surface area contributed by atoms with Crippen molar-refractivity contribution < 1.29 is 14.2 Å². The Kier molecular flexibility index (Phi) is 6.42. The number of allylic oxidation sites excluding steroid dienone is 3. The molecule has 1 aromatic carbocycles. The quantitative estimate of drug-likeness (QED) is 0.745. The summed E-state index contributed by atoms with van der Waals surface area (Å²) in [6, 6.07) is 6.92. The SMILES string of the molecule is C=C1C=C(OCC(COC)OC)N2CCc3cc(C4=CCNCC4)ccc3C2=C1C. The summed E-state index contributed by atoms with van der Waals surface area (Å²) in [7, 11) is 3.36. The molecule has 0 aliphatic carbocycles. The number of ether oxygens (including phenoxy) is 3. The zero-order valence-corrected chi connectivity index (χ0v) is 18.3. The van der Waals surface area contributed by atoms with E-state index in [-0.39, 0.29) is 6.10 Å². The summed E-state index contributed by atoms with van der Waals surface area (Å²) in [4.78, 5) is 2.29. The van der Waals surface area contributed by atoms with Crippen LogP contribution in [0.4, 0.5) is 0 Å². The van der Waals surface area contributed by atoms with Gasteiger partial charge in [0, 0.05) is 38.9 Å². The van der Waals surface area contributed by atoms with Crippen LogP contribution in [0.25, 0.3) is 11.3 Å². The third-order valence-electron chi connectivity index (χ3n) is 6.17. The first kappa shape index (κ1) is 20.9. The minimum absolute atomic E-state index is 0.0995. The molecule has 0 amide bonds. The van der Waals surface area contributed by atoms with Crippen LogP contribution < -0.4 is 5.32 Å². The van der Waals surface area contributed by atoms with E-state index in [0.717, 1.165) is 43.9 Å². The molecule has 0 spiro atoms. The van der Waals surface area contributed by atoms with Gasteiger partial charge < -0.3 is 24.4 Å². The van der Waals surface area contributed by atoms with Crippen molar-refractivity contribution in [3.8, 4) is 0 Å². The maximum atomic E-state index is 6.18. The highest BCUT2D eigenvalue weighted by Gasteiger charge is 2.30. The van der Waals surface area contributed by atoms with Crippen molar-refractivity contribution in [2.24, 2.45) is 0 Å². The Morgan fingerprint density at radius 1 is 1.20 bits per heavy atom. The highest BCUT2D eigenvalue weighted by Crippen LogP contribution is 2.40.